The third-order valence-corrected chi connectivity index (χ3v) is 4.93. The van der Waals surface area contributed by atoms with Crippen molar-refractivity contribution in [3.05, 3.63) is 57.5 Å². The molecule has 0 saturated heterocycles. The first kappa shape index (κ1) is 15.2. The predicted molar refractivity (Wildman–Crippen MR) is 76.3 cm³/mol. The van der Waals surface area contributed by atoms with Crippen molar-refractivity contribution in [3.63, 3.8) is 0 Å². The molecule has 0 aromatic heterocycles. The lowest BCUT2D eigenvalue weighted by atomic mass is 10.3. The largest absolute Gasteiger partial charge is 0.277 e. The Morgan fingerprint density at radius 2 is 1.80 bits per heavy atom. The molecule has 1 N–H and O–H groups in total. The summed E-state index contributed by atoms with van der Waals surface area (Å²) in [4.78, 5) is -0.210. The van der Waals surface area contributed by atoms with Crippen LogP contribution in [0.15, 0.2) is 45.8 Å². The first-order valence-electron chi connectivity index (χ1n) is 5.22. The lowest BCUT2D eigenvalue weighted by molar-refractivity contribution is 0.596. The van der Waals surface area contributed by atoms with Crippen LogP contribution in [0.4, 0.5) is 14.5 Å². The fourth-order valence-corrected chi connectivity index (χ4v) is 3.75. The highest BCUT2D eigenvalue weighted by atomic mass is 79.9. The minimum atomic E-state index is -4.06. The molecule has 2 rings (SSSR count). The van der Waals surface area contributed by atoms with Gasteiger partial charge in [0.05, 0.1) is 5.69 Å². The van der Waals surface area contributed by atoms with Crippen LogP contribution < -0.4 is 4.72 Å². The molecule has 3 nitrogen and oxygen atoms in total. The zero-order valence-corrected chi connectivity index (χ0v) is 12.9. The Balaban J connectivity index is 2.43. The van der Waals surface area contributed by atoms with Crippen molar-refractivity contribution in [2.75, 3.05) is 4.72 Å². The number of anilines is 1. The molecule has 0 aliphatic heterocycles. The normalized spacial score (nSPS) is 11.4. The van der Waals surface area contributed by atoms with Gasteiger partial charge in [-0.05, 0) is 52.3 Å². The molecule has 0 unspecified atom stereocenters. The lowest BCUT2D eigenvalue weighted by Crippen LogP contribution is -2.14. The molecule has 2 aromatic carbocycles. The highest BCUT2D eigenvalue weighted by Gasteiger charge is 2.19. The van der Waals surface area contributed by atoms with Crippen molar-refractivity contribution < 1.29 is 17.2 Å². The molecule has 0 saturated carbocycles. The third-order valence-electron chi connectivity index (χ3n) is 2.36. The van der Waals surface area contributed by atoms with Gasteiger partial charge in [-0.15, -0.1) is 0 Å². The van der Waals surface area contributed by atoms with Crippen molar-refractivity contribution in [1.29, 1.82) is 0 Å². The molecule has 0 spiro atoms. The molecule has 20 heavy (non-hydrogen) atoms. The number of benzene rings is 2. The van der Waals surface area contributed by atoms with Crippen LogP contribution in [-0.2, 0) is 10.0 Å². The van der Waals surface area contributed by atoms with Crippen LogP contribution in [-0.4, -0.2) is 8.42 Å². The van der Waals surface area contributed by atoms with E-state index in [0.29, 0.717) is 0 Å². The van der Waals surface area contributed by atoms with Crippen LogP contribution in [0.1, 0.15) is 0 Å². The van der Waals surface area contributed by atoms with Crippen LogP contribution in [0.2, 0.25) is 5.02 Å². The molecule has 0 atom stereocenters. The fourth-order valence-electron chi connectivity index (χ4n) is 1.47. The van der Waals surface area contributed by atoms with E-state index in [0.717, 1.165) is 30.3 Å². The Hall–Kier alpha value is -1.18. The summed E-state index contributed by atoms with van der Waals surface area (Å²) < 4.78 is 52.8. The quantitative estimate of drug-likeness (QED) is 0.865. The van der Waals surface area contributed by atoms with E-state index >= 15 is 0 Å². The molecule has 0 amide bonds. The Labute approximate surface area is 127 Å². The number of rotatable bonds is 3. The molecule has 0 aliphatic rings. The van der Waals surface area contributed by atoms with E-state index in [9.17, 15) is 17.2 Å². The standard InChI is InChI=1S/C12H7BrClF2NO2S/c13-9-6-8(15)2-4-12(9)20(18,19)17-11-5-7(14)1-3-10(11)16/h1-6,17H. The number of hydrogen-bond donors (Lipinski definition) is 1. The second kappa shape index (κ2) is 5.67. The zero-order chi connectivity index (χ0) is 14.9. The first-order valence-corrected chi connectivity index (χ1v) is 7.88. The SMILES string of the molecule is O=S(=O)(Nc1cc(Cl)ccc1F)c1ccc(F)cc1Br. The van der Waals surface area contributed by atoms with E-state index in [2.05, 4.69) is 20.7 Å². The minimum Gasteiger partial charge on any atom is -0.277 e. The van der Waals surface area contributed by atoms with Gasteiger partial charge in [0.15, 0.2) is 0 Å². The number of sulfonamides is 1. The zero-order valence-electron chi connectivity index (χ0n) is 9.70. The van der Waals surface area contributed by atoms with Crippen LogP contribution >= 0.6 is 27.5 Å². The molecule has 0 fully saturated rings. The highest BCUT2D eigenvalue weighted by molar-refractivity contribution is 9.10. The highest BCUT2D eigenvalue weighted by Crippen LogP contribution is 2.27. The van der Waals surface area contributed by atoms with Gasteiger partial charge in [0.25, 0.3) is 10.0 Å². The van der Waals surface area contributed by atoms with Crippen molar-refractivity contribution in [1.82, 2.24) is 0 Å². The Kier molecular flexibility index (Phi) is 4.31. The maximum absolute atomic E-state index is 13.5. The summed E-state index contributed by atoms with van der Waals surface area (Å²) in [6.07, 6.45) is 0. The van der Waals surface area contributed by atoms with Gasteiger partial charge in [-0.25, -0.2) is 17.2 Å². The van der Waals surface area contributed by atoms with E-state index in [1.54, 1.807) is 0 Å². The fraction of sp³-hybridized carbons (Fsp3) is 0. The molecule has 0 radical (unpaired) electrons. The smallest absolute Gasteiger partial charge is 0.263 e. The average Bonchev–Trinajstić information content (AvgIpc) is 2.33. The summed E-state index contributed by atoms with van der Waals surface area (Å²) in [6.45, 7) is 0. The second-order valence-electron chi connectivity index (χ2n) is 3.80. The van der Waals surface area contributed by atoms with Gasteiger partial charge in [-0.3, -0.25) is 4.72 Å². The van der Waals surface area contributed by atoms with Gasteiger partial charge < -0.3 is 0 Å². The van der Waals surface area contributed by atoms with E-state index in [1.165, 1.54) is 6.07 Å². The van der Waals surface area contributed by atoms with E-state index in [4.69, 9.17) is 11.6 Å². The Morgan fingerprint density at radius 1 is 1.10 bits per heavy atom. The molecular formula is C12H7BrClF2NO2S. The molecule has 0 bridgehead atoms. The monoisotopic (exact) mass is 381 g/mol. The number of halogens is 4. The Morgan fingerprint density at radius 3 is 2.45 bits per heavy atom. The Bertz CT molecular complexity index is 768. The summed E-state index contributed by atoms with van der Waals surface area (Å²) in [7, 11) is -4.06. The van der Waals surface area contributed by atoms with Gasteiger partial charge in [0, 0.05) is 9.50 Å². The maximum Gasteiger partial charge on any atom is 0.263 e. The third kappa shape index (κ3) is 3.28. The average molecular weight is 383 g/mol. The summed E-state index contributed by atoms with van der Waals surface area (Å²) >= 11 is 8.63. The first-order chi connectivity index (χ1) is 9.29. The van der Waals surface area contributed by atoms with Crippen molar-refractivity contribution in [2.45, 2.75) is 4.90 Å². The van der Waals surface area contributed by atoms with Crippen molar-refractivity contribution >= 4 is 43.2 Å². The molecule has 0 aliphatic carbocycles. The number of hydrogen-bond acceptors (Lipinski definition) is 2. The molecule has 106 valence electrons. The van der Waals surface area contributed by atoms with Gasteiger partial charge >= 0.3 is 0 Å². The van der Waals surface area contributed by atoms with E-state index in [-0.39, 0.29) is 20.1 Å². The summed E-state index contributed by atoms with van der Waals surface area (Å²) in [5, 5.41) is 0.183. The molecular weight excluding hydrogens is 376 g/mol. The summed E-state index contributed by atoms with van der Waals surface area (Å²) in [5.41, 5.74) is -0.284. The van der Waals surface area contributed by atoms with Gasteiger partial charge in [0.1, 0.15) is 16.5 Å². The summed E-state index contributed by atoms with van der Waals surface area (Å²) in [6, 6.07) is 6.55. The van der Waals surface area contributed by atoms with Crippen LogP contribution in [0.5, 0.6) is 0 Å². The van der Waals surface area contributed by atoms with Gasteiger partial charge in [-0.1, -0.05) is 11.6 Å². The van der Waals surface area contributed by atoms with Gasteiger partial charge in [0.2, 0.25) is 0 Å². The summed E-state index contributed by atoms with van der Waals surface area (Å²) in [5.74, 6) is -1.36. The predicted octanol–water partition coefficient (Wildman–Crippen LogP) is 4.18. The van der Waals surface area contributed by atoms with E-state index < -0.39 is 21.7 Å². The second-order valence-corrected chi connectivity index (χ2v) is 6.75. The maximum atomic E-state index is 13.5. The topological polar surface area (TPSA) is 46.2 Å². The van der Waals surface area contributed by atoms with E-state index in [1.807, 2.05) is 0 Å². The lowest BCUT2D eigenvalue weighted by Gasteiger charge is -2.10. The van der Waals surface area contributed by atoms with Gasteiger partial charge in [-0.2, -0.15) is 0 Å². The van der Waals surface area contributed by atoms with Crippen LogP contribution in [0.25, 0.3) is 0 Å². The van der Waals surface area contributed by atoms with Crippen LogP contribution in [0, 0.1) is 11.6 Å². The van der Waals surface area contributed by atoms with Crippen molar-refractivity contribution in [3.8, 4) is 0 Å². The minimum absolute atomic E-state index is 0.0347. The molecule has 8 heteroatoms. The molecule has 0 heterocycles. The van der Waals surface area contributed by atoms with Crippen molar-refractivity contribution in [2.24, 2.45) is 0 Å². The molecule has 2 aromatic rings. The van der Waals surface area contributed by atoms with Crippen LogP contribution in [0.3, 0.4) is 0 Å². The number of nitrogens with one attached hydrogen (secondary N) is 1.